The number of fused-ring (bicyclic) bond motifs is 1. The molecule has 1 saturated carbocycles. The van der Waals surface area contributed by atoms with Crippen molar-refractivity contribution in [3.05, 3.63) is 47.3 Å². The van der Waals surface area contributed by atoms with Crippen LogP contribution in [0.4, 0.5) is 17.5 Å². The van der Waals surface area contributed by atoms with Gasteiger partial charge in [-0.3, -0.25) is 9.78 Å². The van der Waals surface area contributed by atoms with Gasteiger partial charge in [-0.15, -0.1) is 0 Å². The molecule has 1 fully saturated rings. The van der Waals surface area contributed by atoms with E-state index in [0.29, 0.717) is 22.8 Å². The summed E-state index contributed by atoms with van der Waals surface area (Å²) < 4.78 is 23.4. The quantitative estimate of drug-likeness (QED) is 0.767. The Morgan fingerprint density at radius 1 is 1.35 bits per heavy atom. The lowest BCUT2D eigenvalue weighted by molar-refractivity contribution is 0.872. The van der Waals surface area contributed by atoms with Crippen LogP contribution < -0.4 is 16.2 Å². The van der Waals surface area contributed by atoms with Gasteiger partial charge in [0.25, 0.3) is 5.56 Å². The molecule has 1 aliphatic rings. The zero-order chi connectivity index (χ0) is 18.3. The van der Waals surface area contributed by atoms with Crippen LogP contribution in [0.15, 0.2) is 41.7 Å². The van der Waals surface area contributed by atoms with E-state index in [-0.39, 0.29) is 11.4 Å². The first kappa shape index (κ1) is 10.7. The first-order valence-corrected chi connectivity index (χ1v) is 7.28. The smallest absolute Gasteiger partial charge is 0.261 e. The minimum Gasteiger partial charge on any atom is -0.367 e. The molecule has 0 bridgehead atoms. The van der Waals surface area contributed by atoms with Gasteiger partial charge in [-0.1, -0.05) is 0 Å². The van der Waals surface area contributed by atoms with Gasteiger partial charge >= 0.3 is 0 Å². The molecule has 3 aromatic rings. The molecule has 7 nitrogen and oxygen atoms in total. The van der Waals surface area contributed by atoms with Gasteiger partial charge < -0.3 is 15.2 Å². The van der Waals surface area contributed by atoms with Crippen LogP contribution in [-0.2, 0) is 6.98 Å². The van der Waals surface area contributed by atoms with Crippen molar-refractivity contribution in [2.45, 2.75) is 18.9 Å². The molecule has 2 N–H and O–H groups in total. The van der Waals surface area contributed by atoms with E-state index in [4.69, 9.17) is 4.11 Å². The molecular weight excluding hydrogens is 292 g/mol. The van der Waals surface area contributed by atoms with E-state index in [1.807, 2.05) is 0 Å². The van der Waals surface area contributed by atoms with Crippen molar-refractivity contribution >= 4 is 28.2 Å². The Labute approximate surface area is 136 Å². The molecule has 7 heteroatoms. The van der Waals surface area contributed by atoms with Crippen molar-refractivity contribution in [1.82, 2.24) is 19.5 Å². The molecule has 0 saturated heterocycles. The fourth-order valence-electron chi connectivity index (χ4n) is 2.35. The van der Waals surface area contributed by atoms with Gasteiger partial charge in [-0.05, 0) is 30.4 Å². The minimum absolute atomic E-state index is 0.248. The third kappa shape index (κ3) is 2.73. The highest BCUT2D eigenvalue weighted by atomic mass is 16.1. The first-order chi connectivity index (χ1) is 12.4. The van der Waals surface area contributed by atoms with E-state index in [0.717, 1.165) is 17.4 Å². The van der Waals surface area contributed by atoms with E-state index in [1.54, 1.807) is 30.7 Å². The van der Waals surface area contributed by atoms with Gasteiger partial charge in [-0.25, -0.2) is 9.97 Å². The Balaban J connectivity index is 1.85. The lowest BCUT2D eigenvalue weighted by Gasteiger charge is -2.12. The highest BCUT2D eigenvalue weighted by Crippen LogP contribution is 2.29. The largest absolute Gasteiger partial charge is 0.367 e. The van der Waals surface area contributed by atoms with Gasteiger partial charge in [0.1, 0.15) is 17.5 Å². The Bertz CT molecular complexity index is 1010. The van der Waals surface area contributed by atoms with Gasteiger partial charge in [0.2, 0.25) is 0 Å². The molecule has 0 unspecified atom stereocenters. The second-order valence-corrected chi connectivity index (χ2v) is 5.45. The van der Waals surface area contributed by atoms with E-state index in [1.165, 1.54) is 6.20 Å². The lowest BCUT2D eigenvalue weighted by atomic mass is 10.2. The molecule has 4 rings (SSSR count). The van der Waals surface area contributed by atoms with Crippen LogP contribution in [0.25, 0.3) is 10.8 Å². The number of nitrogens with one attached hydrogen (secondary N) is 2. The van der Waals surface area contributed by atoms with Crippen LogP contribution in [0.2, 0.25) is 0 Å². The van der Waals surface area contributed by atoms with Crippen molar-refractivity contribution in [3.63, 3.8) is 0 Å². The van der Waals surface area contributed by atoms with Gasteiger partial charge in [0, 0.05) is 35.7 Å². The zero-order valence-corrected chi connectivity index (χ0v) is 12.2. The molecule has 0 amide bonds. The Morgan fingerprint density at radius 2 is 2.26 bits per heavy atom. The van der Waals surface area contributed by atoms with Gasteiger partial charge in [0.15, 0.2) is 0 Å². The summed E-state index contributed by atoms with van der Waals surface area (Å²) in [7, 11) is 0. The van der Waals surface area contributed by atoms with Crippen molar-refractivity contribution < 1.29 is 4.11 Å². The normalized spacial score (nSPS) is 16.4. The summed E-state index contributed by atoms with van der Waals surface area (Å²) in [5.41, 5.74) is -0.593. The number of hydrogen-bond acceptors (Lipinski definition) is 6. The van der Waals surface area contributed by atoms with Crippen molar-refractivity contribution in [3.8, 4) is 0 Å². The molecule has 3 aromatic heterocycles. The second-order valence-electron chi connectivity index (χ2n) is 5.45. The second kappa shape index (κ2) is 5.35. The van der Waals surface area contributed by atoms with E-state index >= 15 is 0 Å². The average molecular weight is 311 g/mol. The third-order valence-electron chi connectivity index (χ3n) is 3.62. The summed E-state index contributed by atoms with van der Waals surface area (Å²) in [5.74, 6) is 1.39. The van der Waals surface area contributed by atoms with E-state index in [9.17, 15) is 4.79 Å². The van der Waals surface area contributed by atoms with Crippen LogP contribution in [0.1, 0.15) is 17.0 Å². The molecule has 23 heavy (non-hydrogen) atoms. The van der Waals surface area contributed by atoms with Crippen LogP contribution in [0, 0.1) is 0 Å². The number of anilines is 3. The standard InChI is InChI=1S/C16H16N6O/c1-22-7-4-10-8-12(20-13-9-17-5-6-18-13)21-15(14(10)16(22)23)19-11-2-3-11/h4-9,11H,2-3H2,1H3,(H2,18,19,20,21)/i1D3. The van der Waals surface area contributed by atoms with E-state index in [2.05, 4.69) is 25.6 Å². The molecule has 1 aliphatic carbocycles. The molecular formula is C16H16N6O. The molecule has 0 aliphatic heterocycles. The summed E-state index contributed by atoms with van der Waals surface area (Å²) >= 11 is 0. The summed E-state index contributed by atoms with van der Waals surface area (Å²) in [6.45, 7) is -2.54. The first-order valence-electron chi connectivity index (χ1n) is 8.78. The number of aromatic nitrogens is 4. The predicted octanol–water partition coefficient (Wildman–Crippen LogP) is 2.04. The SMILES string of the molecule is [2H]C([2H])([2H])n1ccc2cc(Nc3cnccn3)nc(NC3CC3)c2c1=O. The highest BCUT2D eigenvalue weighted by Gasteiger charge is 2.23. The molecule has 0 atom stereocenters. The number of pyridine rings is 2. The number of nitrogens with zero attached hydrogens (tertiary/aromatic N) is 4. The number of hydrogen-bond donors (Lipinski definition) is 2. The highest BCUT2D eigenvalue weighted by molar-refractivity contribution is 5.93. The van der Waals surface area contributed by atoms with Crippen molar-refractivity contribution in [2.75, 3.05) is 10.6 Å². The molecule has 0 aromatic carbocycles. The monoisotopic (exact) mass is 311 g/mol. The number of aryl methyl sites for hydroxylation is 1. The lowest BCUT2D eigenvalue weighted by Crippen LogP contribution is -2.18. The summed E-state index contributed by atoms with van der Waals surface area (Å²) in [6, 6.07) is 3.54. The average Bonchev–Trinajstić information content (AvgIpc) is 3.38. The maximum atomic E-state index is 12.7. The fraction of sp³-hybridized carbons (Fsp3) is 0.250. The summed E-state index contributed by atoms with van der Waals surface area (Å²) in [5, 5.41) is 7.13. The van der Waals surface area contributed by atoms with Crippen molar-refractivity contribution in [2.24, 2.45) is 6.98 Å². The topological polar surface area (TPSA) is 84.7 Å². The van der Waals surface area contributed by atoms with Crippen LogP contribution in [-0.4, -0.2) is 25.6 Å². The Morgan fingerprint density at radius 3 is 3.00 bits per heavy atom. The van der Waals surface area contributed by atoms with Gasteiger partial charge in [0.05, 0.1) is 11.6 Å². The van der Waals surface area contributed by atoms with Crippen LogP contribution in [0.3, 0.4) is 0 Å². The maximum absolute atomic E-state index is 12.7. The summed E-state index contributed by atoms with van der Waals surface area (Å²) in [6.07, 6.45) is 7.95. The number of rotatable bonds is 4. The zero-order valence-electron chi connectivity index (χ0n) is 15.2. The maximum Gasteiger partial charge on any atom is 0.261 e. The predicted molar refractivity (Wildman–Crippen MR) is 88.9 cm³/mol. The molecule has 0 spiro atoms. The fourth-order valence-corrected chi connectivity index (χ4v) is 2.35. The van der Waals surface area contributed by atoms with E-state index < -0.39 is 12.5 Å². The van der Waals surface area contributed by atoms with Crippen molar-refractivity contribution in [1.29, 1.82) is 0 Å². The summed E-state index contributed by atoms with van der Waals surface area (Å²) in [4.78, 5) is 25.4. The van der Waals surface area contributed by atoms with Gasteiger partial charge in [-0.2, -0.15) is 0 Å². The molecule has 116 valence electrons. The minimum atomic E-state index is -2.54. The Hall–Kier alpha value is -2.96. The van der Waals surface area contributed by atoms with Crippen LogP contribution in [0.5, 0.6) is 0 Å². The molecule has 0 radical (unpaired) electrons. The van der Waals surface area contributed by atoms with Crippen LogP contribution >= 0.6 is 0 Å². The Kier molecular flexibility index (Phi) is 2.49. The molecule has 3 heterocycles. The third-order valence-corrected chi connectivity index (χ3v) is 3.62.